The molecule has 104 valence electrons. The van der Waals surface area contributed by atoms with Gasteiger partial charge in [-0.2, -0.15) is 0 Å². The summed E-state index contributed by atoms with van der Waals surface area (Å²) in [6.45, 7) is 1.37. The number of ether oxygens (including phenoxy) is 1. The van der Waals surface area contributed by atoms with Gasteiger partial charge in [-0.05, 0) is 41.4 Å². The van der Waals surface area contributed by atoms with Gasteiger partial charge in [0.05, 0.1) is 19.3 Å². The fourth-order valence-corrected chi connectivity index (χ4v) is 3.19. The molecule has 1 atom stereocenters. The summed E-state index contributed by atoms with van der Waals surface area (Å²) in [6.07, 6.45) is 0. The third-order valence-electron chi connectivity index (χ3n) is 3.64. The molecule has 1 heterocycles. The molecule has 1 N–H and O–H groups in total. The van der Waals surface area contributed by atoms with E-state index in [0.29, 0.717) is 13.2 Å². The summed E-state index contributed by atoms with van der Waals surface area (Å²) in [5.41, 5.74) is 4.67. The summed E-state index contributed by atoms with van der Waals surface area (Å²) in [5.74, 6) is -0.238. The molecule has 0 bridgehead atoms. The second-order valence-corrected chi connectivity index (χ2v) is 5.76. The smallest absolute Gasteiger partial charge is 0.124 e. The number of hydrogen-bond acceptors (Lipinski definition) is 2. The fraction of sp³-hybridized carbons (Fsp3) is 0.250. The van der Waals surface area contributed by atoms with E-state index in [0.717, 1.165) is 15.6 Å². The predicted octanol–water partition coefficient (Wildman–Crippen LogP) is 3.93. The Morgan fingerprint density at radius 2 is 1.95 bits per heavy atom. The highest BCUT2D eigenvalue weighted by molar-refractivity contribution is 9.10. The van der Waals surface area contributed by atoms with Crippen LogP contribution in [0.25, 0.3) is 0 Å². The first-order valence-electron chi connectivity index (χ1n) is 6.50. The van der Waals surface area contributed by atoms with Gasteiger partial charge in [0.2, 0.25) is 0 Å². The third-order valence-corrected chi connectivity index (χ3v) is 4.33. The normalized spacial score (nSPS) is 15.2. The van der Waals surface area contributed by atoms with Crippen LogP contribution in [0.15, 0.2) is 40.9 Å². The zero-order chi connectivity index (χ0) is 14.1. The monoisotopic (exact) mass is 335 g/mol. The van der Waals surface area contributed by atoms with Gasteiger partial charge in [0.25, 0.3) is 0 Å². The van der Waals surface area contributed by atoms with Gasteiger partial charge >= 0.3 is 0 Å². The molecule has 0 spiro atoms. The van der Waals surface area contributed by atoms with Crippen LogP contribution in [-0.4, -0.2) is 7.05 Å². The second-order valence-electron chi connectivity index (χ2n) is 4.91. The van der Waals surface area contributed by atoms with E-state index < -0.39 is 0 Å². The van der Waals surface area contributed by atoms with Gasteiger partial charge in [-0.15, -0.1) is 0 Å². The van der Waals surface area contributed by atoms with Crippen LogP contribution in [0.5, 0.6) is 0 Å². The van der Waals surface area contributed by atoms with Gasteiger partial charge in [0.15, 0.2) is 0 Å². The lowest BCUT2D eigenvalue weighted by molar-refractivity contribution is 0.134. The summed E-state index contributed by atoms with van der Waals surface area (Å²) in [6, 6.07) is 11.2. The molecule has 2 aromatic rings. The molecule has 0 saturated heterocycles. The number of halogens is 2. The molecule has 0 fully saturated rings. The molecule has 0 radical (unpaired) electrons. The summed E-state index contributed by atoms with van der Waals surface area (Å²) < 4.78 is 19.5. The minimum absolute atomic E-state index is 0.0240. The summed E-state index contributed by atoms with van der Waals surface area (Å²) >= 11 is 3.44. The van der Waals surface area contributed by atoms with Gasteiger partial charge in [-0.1, -0.05) is 40.2 Å². The maximum absolute atomic E-state index is 13.2. The van der Waals surface area contributed by atoms with E-state index in [9.17, 15) is 4.39 Å². The van der Waals surface area contributed by atoms with Crippen molar-refractivity contribution in [1.82, 2.24) is 5.32 Å². The Morgan fingerprint density at radius 3 is 2.70 bits per heavy atom. The number of rotatable bonds is 3. The van der Waals surface area contributed by atoms with Crippen molar-refractivity contribution in [2.45, 2.75) is 19.3 Å². The van der Waals surface area contributed by atoms with E-state index in [1.807, 2.05) is 13.1 Å². The van der Waals surface area contributed by atoms with Gasteiger partial charge in [-0.25, -0.2) is 4.39 Å². The molecular weight excluding hydrogens is 321 g/mol. The molecule has 20 heavy (non-hydrogen) atoms. The highest BCUT2D eigenvalue weighted by atomic mass is 79.9. The third kappa shape index (κ3) is 2.51. The fourth-order valence-electron chi connectivity index (χ4n) is 2.61. The van der Waals surface area contributed by atoms with Crippen molar-refractivity contribution in [3.63, 3.8) is 0 Å². The van der Waals surface area contributed by atoms with Crippen LogP contribution in [0, 0.1) is 5.82 Å². The quantitative estimate of drug-likeness (QED) is 0.917. The van der Waals surface area contributed by atoms with Crippen LogP contribution in [0.2, 0.25) is 0 Å². The molecule has 0 saturated carbocycles. The first-order chi connectivity index (χ1) is 9.69. The number of fused-ring (bicyclic) bond motifs is 1. The lowest BCUT2D eigenvalue weighted by Gasteiger charge is -2.19. The van der Waals surface area contributed by atoms with E-state index in [1.54, 1.807) is 0 Å². The largest absolute Gasteiger partial charge is 0.372 e. The van der Waals surface area contributed by atoms with Crippen molar-refractivity contribution in [2.75, 3.05) is 7.05 Å². The highest BCUT2D eigenvalue weighted by Gasteiger charge is 2.18. The molecule has 1 aliphatic heterocycles. The maximum Gasteiger partial charge on any atom is 0.124 e. The van der Waals surface area contributed by atoms with Gasteiger partial charge in [0.1, 0.15) is 5.82 Å². The minimum atomic E-state index is -0.238. The number of benzene rings is 2. The number of nitrogens with one attached hydrogen (secondary N) is 1. The minimum Gasteiger partial charge on any atom is -0.372 e. The Labute approximate surface area is 126 Å². The van der Waals surface area contributed by atoms with Crippen LogP contribution in [0.3, 0.4) is 0 Å². The van der Waals surface area contributed by atoms with E-state index in [-0.39, 0.29) is 11.9 Å². The van der Waals surface area contributed by atoms with Crippen molar-refractivity contribution in [3.8, 4) is 0 Å². The van der Waals surface area contributed by atoms with Gasteiger partial charge in [-0.3, -0.25) is 0 Å². The van der Waals surface area contributed by atoms with Crippen molar-refractivity contribution in [2.24, 2.45) is 0 Å². The molecule has 4 heteroatoms. The van der Waals surface area contributed by atoms with Crippen LogP contribution >= 0.6 is 15.9 Å². The topological polar surface area (TPSA) is 21.3 Å². The summed E-state index contributed by atoms with van der Waals surface area (Å²) in [4.78, 5) is 0. The van der Waals surface area contributed by atoms with E-state index in [2.05, 4.69) is 39.4 Å². The average Bonchev–Trinajstić information content (AvgIpc) is 2.89. The van der Waals surface area contributed by atoms with Crippen LogP contribution < -0.4 is 5.32 Å². The Hall–Kier alpha value is -1.23. The number of hydrogen-bond donors (Lipinski definition) is 1. The van der Waals surface area contributed by atoms with Crippen molar-refractivity contribution in [1.29, 1.82) is 0 Å². The average molecular weight is 336 g/mol. The molecule has 1 aliphatic rings. The van der Waals surface area contributed by atoms with Crippen molar-refractivity contribution in [3.05, 3.63) is 68.9 Å². The SMILES string of the molecule is CNC(c1ccc2c(c1)COC2)c1ccc(F)cc1Br. The Morgan fingerprint density at radius 1 is 1.15 bits per heavy atom. The first kappa shape index (κ1) is 13.7. The first-order valence-corrected chi connectivity index (χ1v) is 7.30. The molecule has 0 aliphatic carbocycles. The van der Waals surface area contributed by atoms with E-state index in [4.69, 9.17) is 4.74 Å². The molecule has 2 nitrogen and oxygen atoms in total. The molecule has 0 amide bonds. The Bertz CT molecular complexity index is 644. The zero-order valence-electron chi connectivity index (χ0n) is 11.1. The van der Waals surface area contributed by atoms with Crippen LogP contribution in [0.4, 0.5) is 4.39 Å². The van der Waals surface area contributed by atoms with Crippen molar-refractivity contribution >= 4 is 15.9 Å². The van der Waals surface area contributed by atoms with Crippen LogP contribution in [-0.2, 0) is 18.0 Å². The predicted molar refractivity (Wildman–Crippen MR) is 79.9 cm³/mol. The highest BCUT2D eigenvalue weighted by Crippen LogP contribution is 2.31. The molecule has 1 unspecified atom stereocenters. The Kier molecular flexibility index (Phi) is 3.87. The lowest BCUT2D eigenvalue weighted by Crippen LogP contribution is -2.18. The maximum atomic E-state index is 13.2. The molecule has 0 aromatic heterocycles. The summed E-state index contributed by atoms with van der Waals surface area (Å²) in [7, 11) is 1.91. The Balaban J connectivity index is 2.01. The molecular formula is C16H15BrFNO. The van der Waals surface area contributed by atoms with E-state index >= 15 is 0 Å². The lowest BCUT2D eigenvalue weighted by atomic mass is 9.96. The van der Waals surface area contributed by atoms with Gasteiger partial charge in [0, 0.05) is 4.47 Å². The van der Waals surface area contributed by atoms with Crippen molar-refractivity contribution < 1.29 is 9.13 Å². The molecule has 3 rings (SSSR count). The standard InChI is InChI=1S/C16H15BrFNO/c1-19-16(14-5-4-13(18)7-15(14)17)10-2-3-11-8-20-9-12(11)6-10/h2-7,16,19H,8-9H2,1H3. The van der Waals surface area contributed by atoms with Gasteiger partial charge < -0.3 is 10.1 Å². The molecule has 2 aromatic carbocycles. The van der Waals surface area contributed by atoms with Crippen LogP contribution in [0.1, 0.15) is 28.3 Å². The second kappa shape index (κ2) is 5.64. The zero-order valence-corrected chi connectivity index (χ0v) is 12.7. The summed E-state index contributed by atoms with van der Waals surface area (Å²) in [5, 5.41) is 3.29. The van der Waals surface area contributed by atoms with E-state index in [1.165, 1.54) is 23.3 Å².